The molecule has 2 heterocycles. The smallest absolute Gasteiger partial charge is 0.227 e. The van der Waals surface area contributed by atoms with Crippen molar-refractivity contribution in [1.82, 2.24) is 15.0 Å². The van der Waals surface area contributed by atoms with Crippen LogP contribution in [0.1, 0.15) is 41.0 Å². The van der Waals surface area contributed by atoms with Gasteiger partial charge in [0.05, 0.1) is 12.5 Å². The van der Waals surface area contributed by atoms with E-state index in [1.54, 1.807) is 11.0 Å². The molecule has 2 aromatic heterocycles. The summed E-state index contributed by atoms with van der Waals surface area (Å²) in [7, 11) is 1.81. The Kier molecular flexibility index (Phi) is 4.18. The summed E-state index contributed by atoms with van der Waals surface area (Å²) in [4.78, 5) is 17.9. The zero-order valence-corrected chi connectivity index (χ0v) is 14.8. The van der Waals surface area contributed by atoms with E-state index in [1.807, 2.05) is 20.9 Å². The van der Waals surface area contributed by atoms with Gasteiger partial charge >= 0.3 is 0 Å². The Balaban J connectivity index is 1.89. The minimum atomic E-state index is -0.120. The second-order valence-corrected chi connectivity index (χ2v) is 6.51. The van der Waals surface area contributed by atoms with Crippen LogP contribution in [-0.2, 0) is 11.2 Å². The largest absolute Gasteiger partial charge is 0.364 e. The average Bonchev–Trinajstić information content (AvgIpc) is 3.16. The summed E-state index contributed by atoms with van der Waals surface area (Å²) in [5.74, 6) is 0.0636. The van der Waals surface area contributed by atoms with Crippen LogP contribution in [0.4, 0.5) is 0 Å². The van der Waals surface area contributed by atoms with Gasteiger partial charge in [-0.3, -0.25) is 4.79 Å². The van der Waals surface area contributed by atoms with Crippen molar-refractivity contribution in [3.8, 4) is 0 Å². The lowest BCUT2D eigenvalue weighted by molar-refractivity contribution is -0.131. The third-order valence-corrected chi connectivity index (χ3v) is 4.76. The van der Waals surface area contributed by atoms with Crippen molar-refractivity contribution in [2.75, 3.05) is 7.05 Å². The number of nitrogens with zero attached hydrogens (tertiary/aromatic N) is 2. The number of aromatic nitrogens is 2. The third-order valence-electron chi connectivity index (χ3n) is 4.76. The fourth-order valence-electron chi connectivity index (χ4n) is 3.19. The van der Waals surface area contributed by atoms with Crippen molar-refractivity contribution in [3.05, 3.63) is 52.5 Å². The lowest BCUT2D eigenvalue weighted by Gasteiger charge is -2.23. The molecule has 0 radical (unpaired) electrons. The van der Waals surface area contributed by atoms with Gasteiger partial charge in [0, 0.05) is 29.7 Å². The SMILES string of the molecule is Cc1cc(C)c2[nH]c(C)c(CC(=O)N(C)[C@H](C)c3ccon3)c2c1. The van der Waals surface area contributed by atoms with Gasteiger partial charge in [0.1, 0.15) is 12.0 Å². The summed E-state index contributed by atoms with van der Waals surface area (Å²) in [6.45, 7) is 8.15. The van der Waals surface area contributed by atoms with E-state index in [2.05, 4.69) is 36.1 Å². The first-order chi connectivity index (χ1) is 11.4. The molecule has 1 atom stereocenters. The number of carbonyl (C=O) groups excluding carboxylic acids is 1. The van der Waals surface area contributed by atoms with E-state index in [-0.39, 0.29) is 11.9 Å². The highest BCUT2D eigenvalue weighted by Crippen LogP contribution is 2.28. The highest BCUT2D eigenvalue weighted by molar-refractivity contribution is 5.92. The number of amides is 1. The van der Waals surface area contributed by atoms with Crippen LogP contribution in [0.15, 0.2) is 29.0 Å². The molecule has 24 heavy (non-hydrogen) atoms. The van der Waals surface area contributed by atoms with Gasteiger partial charge in [-0.1, -0.05) is 16.8 Å². The fraction of sp³-hybridized carbons (Fsp3) is 0.368. The Hall–Kier alpha value is -2.56. The van der Waals surface area contributed by atoms with E-state index >= 15 is 0 Å². The Labute approximate surface area is 141 Å². The first-order valence-electron chi connectivity index (χ1n) is 8.12. The number of hydrogen-bond acceptors (Lipinski definition) is 3. The molecule has 0 spiro atoms. The van der Waals surface area contributed by atoms with Gasteiger partial charge in [-0.2, -0.15) is 0 Å². The molecule has 1 aromatic carbocycles. The van der Waals surface area contributed by atoms with Crippen molar-refractivity contribution < 1.29 is 9.32 Å². The number of benzene rings is 1. The van der Waals surface area contributed by atoms with Gasteiger partial charge < -0.3 is 14.4 Å². The number of aryl methyl sites for hydroxylation is 3. The lowest BCUT2D eigenvalue weighted by Crippen LogP contribution is -2.31. The van der Waals surface area contributed by atoms with Crippen LogP contribution in [0.5, 0.6) is 0 Å². The monoisotopic (exact) mass is 325 g/mol. The molecule has 0 aliphatic heterocycles. The van der Waals surface area contributed by atoms with Gasteiger partial charge in [-0.25, -0.2) is 0 Å². The van der Waals surface area contributed by atoms with Gasteiger partial charge in [0.25, 0.3) is 0 Å². The normalized spacial score (nSPS) is 12.5. The molecular weight excluding hydrogens is 302 g/mol. The molecule has 0 aliphatic rings. The fourth-order valence-corrected chi connectivity index (χ4v) is 3.19. The van der Waals surface area contributed by atoms with Crippen LogP contribution in [0.2, 0.25) is 0 Å². The maximum atomic E-state index is 12.8. The van der Waals surface area contributed by atoms with Crippen molar-refractivity contribution in [1.29, 1.82) is 0 Å². The molecule has 5 heteroatoms. The topological polar surface area (TPSA) is 62.1 Å². The minimum Gasteiger partial charge on any atom is -0.364 e. The number of aromatic amines is 1. The highest BCUT2D eigenvalue weighted by Gasteiger charge is 2.22. The van der Waals surface area contributed by atoms with Gasteiger partial charge in [0.2, 0.25) is 5.91 Å². The zero-order chi connectivity index (χ0) is 17.4. The van der Waals surface area contributed by atoms with Crippen molar-refractivity contribution >= 4 is 16.8 Å². The Morgan fingerprint density at radius 1 is 1.33 bits per heavy atom. The molecule has 1 amide bonds. The van der Waals surface area contributed by atoms with Crippen LogP contribution in [0.3, 0.4) is 0 Å². The van der Waals surface area contributed by atoms with Crippen LogP contribution in [-0.4, -0.2) is 28.0 Å². The maximum absolute atomic E-state index is 12.8. The second-order valence-electron chi connectivity index (χ2n) is 6.51. The number of fused-ring (bicyclic) bond motifs is 1. The van der Waals surface area contributed by atoms with E-state index in [0.717, 1.165) is 27.9 Å². The number of carbonyl (C=O) groups is 1. The predicted octanol–water partition coefficient (Wildman–Crippen LogP) is 3.84. The average molecular weight is 325 g/mol. The minimum absolute atomic E-state index is 0.0636. The Bertz CT molecular complexity index is 878. The molecular formula is C19H23N3O2. The van der Waals surface area contributed by atoms with Gasteiger partial charge in [-0.05, 0) is 44.9 Å². The summed E-state index contributed by atoms with van der Waals surface area (Å²) >= 11 is 0. The molecule has 0 saturated heterocycles. The molecule has 5 nitrogen and oxygen atoms in total. The van der Waals surface area contributed by atoms with E-state index in [9.17, 15) is 4.79 Å². The van der Waals surface area contributed by atoms with Crippen LogP contribution in [0.25, 0.3) is 10.9 Å². The number of rotatable bonds is 4. The summed E-state index contributed by atoms with van der Waals surface area (Å²) in [6.07, 6.45) is 1.90. The predicted molar refractivity (Wildman–Crippen MR) is 93.9 cm³/mol. The van der Waals surface area contributed by atoms with E-state index in [1.165, 1.54) is 17.4 Å². The Morgan fingerprint density at radius 2 is 2.08 bits per heavy atom. The molecule has 126 valence electrons. The molecule has 3 aromatic rings. The van der Waals surface area contributed by atoms with Crippen LogP contribution in [0, 0.1) is 20.8 Å². The lowest BCUT2D eigenvalue weighted by atomic mass is 10.0. The molecule has 3 rings (SSSR count). The maximum Gasteiger partial charge on any atom is 0.227 e. The standard InChI is InChI=1S/C19H23N3O2/c1-11-8-12(2)19-16(9-11)15(13(3)20-19)10-18(23)22(5)14(4)17-6-7-24-21-17/h6-9,14,20H,10H2,1-5H3/t14-/m1/s1. The molecule has 0 bridgehead atoms. The number of likely N-dealkylation sites (N-methyl/N-ethyl adjacent to an activating group) is 1. The summed E-state index contributed by atoms with van der Waals surface area (Å²) in [6, 6.07) is 5.97. The molecule has 0 saturated carbocycles. The van der Waals surface area contributed by atoms with E-state index < -0.39 is 0 Å². The van der Waals surface area contributed by atoms with Crippen molar-refractivity contribution in [2.45, 2.75) is 40.2 Å². The summed E-state index contributed by atoms with van der Waals surface area (Å²) in [5, 5.41) is 5.07. The summed E-state index contributed by atoms with van der Waals surface area (Å²) in [5.41, 5.74) is 6.41. The summed E-state index contributed by atoms with van der Waals surface area (Å²) < 4.78 is 4.88. The highest BCUT2D eigenvalue weighted by atomic mass is 16.5. The molecule has 0 fully saturated rings. The van der Waals surface area contributed by atoms with E-state index in [0.29, 0.717) is 6.42 Å². The quantitative estimate of drug-likeness (QED) is 0.792. The first-order valence-corrected chi connectivity index (χ1v) is 8.12. The van der Waals surface area contributed by atoms with Crippen molar-refractivity contribution in [3.63, 3.8) is 0 Å². The zero-order valence-electron chi connectivity index (χ0n) is 14.8. The Morgan fingerprint density at radius 3 is 2.75 bits per heavy atom. The molecule has 1 N–H and O–H groups in total. The first kappa shape index (κ1) is 16.3. The molecule has 0 aliphatic carbocycles. The van der Waals surface area contributed by atoms with Gasteiger partial charge in [0.15, 0.2) is 0 Å². The number of H-pyrrole nitrogens is 1. The third kappa shape index (κ3) is 2.82. The van der Waals surface area contributed by atoms with E-state index in [4.69, 9.17) is 4.52 Å². The number of nitrogens with one attached hydrogen (secondary N) is 1. The number of hydrogen-bond donors (Lipinski definition) is 1. The van der Waals surface area contributed by atoms with Gasteiger partial charge in [-0.15, -0.1) is 0 Å². The second kappa shape index (κ2) is 6.15. The van der Waals surface area contributed by atoms with Crippen LogP contribution < -0.4 is 0 Å². The van der Waals surface area contributed by atoms with Crippen molar-refractivity contribution in [2.24, 2.45) is 0 Å². The van der Waals surface area contributed by atoms with Crippen LogP contribution >= 0.6 is 0 Å². The molecule has 0 unspecified atom stereocenters.